The van der Waals surface area contributed by atoms with E-state index in [1.165, 1.54) is 55.9 Å². The molecule has 0 radical (unpaired) electrons. The first-order valence-corrected chi connectivity index (χ1v) is 16.5. The number of benzene rings is 7. The van der Waals surface area contributed by atoms with Crippen LogP contribution in [0.25, 0.3) is 33.4 Å². The van der Waals surface area contributed by atoms with Crippen molar-refractivity contribution in [3.05, 3.63) is 187 Å². The average molecular weight is 603 g/mol. The van der Waals surface area contributed by atoms with E-state index < -0.39 is 0 Å². The van der Waals surface area contributed by atoms with Crippen LogP contribution >= 0.6 is 0 Å². The molecular weight excluding hydrogens is 569 g/mol. The number of hydrogen-bond donors (Lipinski definition) is 0. The van der Waals surface area contributed by atoms with E-state index in [4.69, 9.17) is 0 Å². The fourth-order valence-electron chi connectivity index (χ4n) is 7.48. The number of nitrogens with zero attached hydrogens (tertiary/aromatic N) is 2. The fraction of sp³-hybridized carbons (Fsp3) is 0.0667. The first-order chi connectivity index (χ1) is 23.3. The van der Waals surface area contributed by atoms with Gasteiger partial charge >= 0.3 is 0 Å². The van der Waals surface area contributed by atoms with Crippen molar-refractivity contribution in [1.82, 2.24) is 0 Å². The summed E-state index contributed by atoms with van der Waals surface area (Å²) in [4.78, 5) is 4.94. The number of anilines is 5. The minimum atomic E-state index is 0.525. The molecule has 0 aromatic heterocycles. The van der Waals surface area contributed by atoms with Crippen LogP contribution in [0.4, 0.5) is 28.4 Å². The lowest BCUT2D eigenvalue weighted by Crippen LogP contribution is -2.22. The summed E-state index contributed by atoms with van der Waals surface area (Å²) in [6.07, 6.45) is 2.23. The summed E-state index contributed by atoms with van der Waals surface area (Å²) < 4.78 is 0. The van der Waals surface area contributed by atoms with Gasteiger partial charge in [0, 0.05) is 34.5 Å². The third kappa shape index (κ3) is 4.99. The number of rotatable bonds is 6. The largest absolute Gasteiger partial charge is 0.337 e. The molecule has 0 spiro atoms. The van der Waals surface area contributed by atoms with E-state index in [1.54, 1.807) is 0 Å². The molecule has 2 aliphatic heterocycles. The van der Waals surface area contributed by atoms with Crippen molar-refractivity contribution in [2.24, 2.45) is 0 Å². The van der Waals surface area contributed by atoms with E-state index in [2.05, 4.69) is 186 Å². The maximum Gasteiger partial charge on any atom is 0.0467 e. The number of para-hydroxylation sites is 1. The summed E-state index contributed by atoms with van der Waals surface area (Å²) >= 11 is 0. The Balaban J connectivity index is 1.11. The standard InChI is InChI=1S/C45H34N2/c1-3-10-32(11-4-1)34-20-24-40(25-21-34)46(41-26-22-35(23-27-41)33-12-5-2-6-13-33)42-16-9-15-36(28-42)37-18-19-39-30-43-29-38-14-7-8-17-44(38)47(43)45(39)31-37/h1-28,31,43H,29-30H2. The topological polar surface area (TPSA) is 6.48 Å². The SMILES string of the molecule is c1ccc(-c2ccc(N(c3ccc(-c4ccccc4)cc3)c3cccc(-c4ccc5c(c4)N4c6ccccc6CC4C5)c3)cc2)cc1. The van der Waals surface area contributed by atoms with E-state index in [0.717, 1.165) is 29.9 Å². The lowest BCUT2D eigenvalue weighted by molar-refractivity contribution is 0.725. The summed E-state index contributed by atoms with van der Waals surface area (Å²) in [5.41, 5.74) is 16.3. The predicted molar refractivity (Wildman–Crippen MR) is 197 cm³/mol. The van der Waals surface area contributed by atoms with Gasteiger partial charge in [-0.3, -0.25) is 0 Å². The van der Waals surface area contributed by atoms with Gasteiger partial charge in [0.1, 0.15) is 0 Å². The van der Waals surface area contributed by atoms with Crippen molar-refractivity contribution in [2.45, 2.75) is 18.9 Å². The van der Waals surface area contributed by atoms with Gasteiger partial charge in [-0.05, 0) is 106 Å². The molecule has 0 bridgehead atoms. The summed E-state index contributed by atoms with van der Waals surface area (Å²) in [5, 5.41) is 0. The maximum absolute atomic E-state index is 2.58. The molecule has 2 aliphatic rings. The Bertz CT molecular complexity index is 2100. The average Bonchev–Trinajstić information content (AvgIpc) is 3.69. The van der Waals surface area contributed by atoms with Crippen molar-refractivity contribution in [3.63, 3.8) is 0 Å². The molecule has 7 aromatic rings. The maximum atomic E-state index is 2.58. The zero-order valence-electron chi connectivity index (χ0n) is 26.1. The van der Waals surface area contributed by atoms with Crippen LogP contribution in [0.5, 0.6) is 0 Å². The Hall–Kier alpha value is -5.86. The van der Waals surface area contributed by atoms with Crippen molar-refractivity contribution >= 4 is 28.4 Å². The van der Waals surface area contributed by atoms with Crippen LogP contribution in [0.3, 0.4) is 0 Å². The van der Waals surface area contributed by atoms with Gasteiger partial charge in [-0.25, -0.2) is 0 Å². The second kappa shape index (κ2) is 11.5. The molecular formula is C45H34N2. The zero-order valence-corrected chi connectivity index (χ0v) is 26.1. The van der Waals surface area contributed by atoms with E-state index in [1.807, 2.05) is 0 Å². The van der Waals surface area contributed by atoms with Gasteiger partial charge in [0.25, 0.3) is 0 Å². The Labute approximate surface area is 276 Å². The van der Waals surface area contributed by atoms with Gasteiger partial charge < -0.3 is 9.80 Å². The lowest BCUT2D eigenvalue weighted by Gasteiger charge is -2.26. The third-order valence-electron chi connectivity index (χ3n) is 9.78. The van der Waals surface area contributed by atoms with E-state index in [0.29, 0.717) is 6.04 Å². The summed E-state index contributed by atoms with van der Waals surface area (Å²) in [5.74, 6) is 0. The highest BCUT2D eigenvalue weighted by Crippen LogP contribution is 2.47. The predicted octanol–water partition coefficient (Wildman–Crippen LogP) is 11.8. The molecule has 0 saturated heterocycles. The van der Waals surface area contributed by atoms with Gasteiger partial charge in [0.15, 0.2) is 0 Å². The second-order valence-corrected chi connectivity index (χ2v) is 12.6. The normalized spacial score (nSPS) is 14.4. The van der Waals surface area contributed by atoms with Crippen LogP contribution in [0.15, 0.2) is 176 Å². The van der Waals surface area contributed by atoms with Crippen LogP contribution < -0.4 is 9.80 Å². The molecule has 2 heteroatoms. The van der Waals surface area contributed by atoms with Crippen molar-refractivity contribution in [2.75, 3.05) is 9.80 Å². The van der Waals surface area contributed by atoms with E-state index in [9.17, 15) is 0 Å². The summed E-state index contributed by atoms with van der Waals surface area (Å²) in [7, 11) is 0. The summed E-state index contributed by atoms with van der Waals surface area (Å²) in [6, 6.07) is 64.5. The Morgan fingerprint density at radius 3 is 1.49 bits per heavy atom. The van der Waals surface area contributed by atoms with Crippen LogP contribution in [0.2, 0.25) is 0 Å². The molecule has 47 heavy (non-hydrogen) atoms. The molecule has 9 rings (SSSR count). The molecule has 0 saturated carbocycles. The Kier molecular flexibility index (Phi) is 6.71. The highest BCUT2D eigenvalue weighted by Gasteiger charge is 2.36. The highest BCUT2D eigenvalue weighted by atomic mass is 15.2. The van der Waals surface area contributed by atoms with Crippen LogP contribution in [0.1, 0.15) is 11.1 Å². The number of fused-ring (bicyclic) bond motifs is 5. The molecule has 7 aromatic carbocycles. The molecule has 0 amide bonds. The van der Waals surface area contributed by atoms with Crippen LogP contribution in [-0.2, 0) is 12.8 Å². The van der Waals surface area contributed by atoms with Crippen LogP contribution in [-0.4, -0.2) is 6.04 Å². The first kappa shape index (κ1) is 27.5. The van der Waals surface area contributed by atoms with Crippen molar-refractivity contribution in [3.8, 4) is 33.4 Å². The molecule has 0 fully saturated rings. The van der Waals surface area contributed by atoms with E-state index >= 15 is 0 Å². The van der Waals surface area contributed by atoms with E-state index in [-0.39, 0.29) is 0 Å². The number of hydrogen-bond acceptors (Lipinski definition) is 2. The van der Waals surface area contributed by atoms with Gasteiger partial charge in [-0.2, -0.15) is 0 Å². The molecule has 1 unspecified atom stereocenters. The minimum Gasteiger partial charge on any atom is -0.337 e. The molecule has 2 heterocycles. The zero-order chi connectivity index (χ0) is 31.2. The fourth-order valence-corrected chi connectivity index (χ4v) is 7.48. The molecule has 1 atom stereocenters. The highest BCUT2D eigenvalue weighted by molar-refractivity contribution is 5.85. The Morgan fingerprint density at radius 2 is 0.851 bits per heavy atom. The molecule has 224 valence electrons. The van der Waals surface area contributed by atoms with Gasteiger partial charge in [0.05, 0.1) is 0 Å². The monoisotopic (exact) mass is 602 g/mol. The second-order valence-electron chi connectivity index (χ2n) is 12.6. The summed E-state index contributed by atoms with van der Waals surface area (Å²) in [6.45, 7) is 0. The third-order valence-corrected chi connectivity index (χ3v) is 9.78. The molecule has 0 aliphatic carbocycles. The Morgan fingerprint density at radius 1 is 0.362 bits per heavy atom. The molecule has 2 nitrogen and oxygen atoms in total. The van der Waals surface area contributed by atoms with Crippen molar-refractivity contribution in [1.29, 1.82) is 0 Å². The van der Waals surface area contributed by atoms with Gasteiger partial charge in [-0.15, -0.1) is 0 Å². The van der Waals surface area contributed by atoms with Gasteiger partial charge in [0.2, 0.25) is 0 Å². The molecule has 0 N–H and O–H groups in total. The minimum absolute atomic E-state index is 0.525. The van der Waals surface area contributed by atoms with Crippen molar-refractivity contribution < 1.29 is 0 Å². The quantitative estimate of drug-likeness (QED) is 0.187. The van der Waals surface area contributed by atoms with Gasteiger partial charge in [-0.1, -0.05) is 127 Å². The van der Waals surface area contributed by atoms with Crippen LogP contribution in [0, 0.1) is 0 Å². The first-order valence-electron chi connectivity index (χ1n) is 16.5. The smallest absolute Gasteiger partial charge is 0.0467 e. The lowest BCUT2D eigenvalue weighted by atomic mass is 9.99.